The van der Waals surface area contributed by atoms with Gasteiger partial charge in [-0.15, -0.1) is 0 Å². The van der Waals surface area contributed by atoms with Crippen LogP contribution in [-0.2, 0) is 13.0 Å². The summed E-state index contributed by atoms with van der Waals surface area (Å²) in [5, 5.41) is 11.5. The molecule has 0 radical (unpaired) electrons. The Morgan fingerprint density at radius 2 is 2.05 bits per heavy atom. The Labute approximate surface area is 109 Å². The van der Waals surface area contributed by atoms with Gasteiger partial charge in [0.25, 0.3) is 0 Å². The third kappa shape index (κ3) is 3.36. The van der Waals surface area contributed by atoms with Crippen molar-refractivity contribution in [2.75, 3.05) is 6.54 Å². The number of H-pyrrole nitrogens is 1. The molecule has 19 heavy (non-hydrogen) atoms. The van der Waals surface area contributed by atoms with Gasteiger partial charge in [-0.1, -0.05) is 0 Å². The fourth-order valence-electron chi connectivity index (χ4n) is 1.69. The lowest BCUT2D eigenvalue weighted by atomic mass is 10.1. The molecule has 4 nitrogen and oxygen atoms in total. The molecule has 0 fully saturated rings. The second kappa shape index (κ2) is 6.07. The molecule has 1 aromatic carbocycles. The summed E-state index contributed by atoms with van der Waals surface area (Å²) < 4.78 is 27.1. The van der Waals surface area contributed by atoms with E-state index in [0.717, 1.165) is 18.0 Å². The summed E-state index contributed by atoms with van der Waals surface area (Å²) in [6.45, 7) is 0.622. The van der Waals surface area contributed by atoms with E-state index in [1.165, 1.54) is 0 Å². The monoisotopic (exact) mass is 262 g/mol. The van der Waals surface area contributed by atoms with E-state index >= 15 is 0 Å². The van der Waals surface area contributed by atoms with Gasteiger partial charge >= 0.3 is 0 Å². The molecule has 1 aromatic heterocycles. The number of rotatable bonds is 5. The molecular weight excluding hydrogens is 250 g/mol. The van der Waals surface area contributed by atoms with Gasteiger partial charge in [0.15, 0.2) is 0 Å². The lowest BCUT2D eigenvalue weighted by Crippen LogP contribution is -2.19. The topological polar surface area (TPSA) is 64.5 Å². The fraction of sp³-hybridized carbons (Fsp3) is 0.231. The van der Waals surface area contributed by atoms with Crippen LogP contribution in [0.5, 0.6) is 0 Å². The number of nitriles is 1. The molecule has 0 atom stereocenters. The van der Waals surface area contributed by atoms with Crippen LogP contribution in [-0.4, -0.2) is 16.5 Å². The molecule has 0 unspecified atom stereocenters. The fourth-order valence-corrected chi connectivity index (χ4v) is 1.69. The second-order valence-corrected chi connectivity index (χ2v) is 3.99. The highest BCUT2D eigenvalue weighted by atomic mass is 19.1. The summed E-state index contributed by atoms with van der Waals surface area (Å²) in [6.07, 6.45) is 4.01. The number of halogens is 2. The van der Waals surface area contributed by atoms with E-state index in [-0.39, 0.29) is 17.7 Å². The molecule has 2 N–H and O–H groups in total. The molecule has 98 valence electrons. The maximum Gasteiger partial charge on any atom is 0.131 e. The molecule has 0 aliphatic rings. The summed E-state index contributed by atoms with van der Waals surface area (Å²) >= 11 is 0. The SMILES string of the molecule is N#Cc1cc(F)c(CNCCc2ncc[nH]2)c(F)c1. The van der Waals surface area contributed by atoms with E-state index in [0.29, 0.717) is 13.0 Å². The van der Waals surface area contributed by atoms with Crippen LogP contribution < -0.4 is 5.32 Å². The van der Waals surface area contributed by atoms with Crippen molar-refractivity contribution in [1.29, 1.82) is 5.26 Å². The predicted octanol–water partition coefficient (Wildman–Crippen LogP) is 1.89. The van der Waals surface area contributed by atoms with Crippen molar-refractivity contribution in [1.82, 2.24) is 15.3 Å². The number of nitrogens with zero attached hydrogens (tertiary/aromatic N) is 2. The van der Waals surface area contributed by atoms with Crippen molar-refractivity contribution in [3.63, 3.8) is 0 Å². The zero-order valence-corrected chi connectivity index (χ0v) is 10.1. The maximum absolute atomic E-state index is 13.5. The van der Waals surface area contributed by atoms with Gasteiger partial charge in [0.1, 0.15) is 17.5 Å². The molecule has 0 aliphatic carbocycles. The van der Waals surface area contributed by atoms with E-state index in [9.17, 15) is 8.78 Å². The Kier molecular flexibility index (Phi) is 4.21. The highest BCUT2D eigenvalue weighted by Crippen LogP contribution is 2.14. The van der Waals surface area contributed by atoms with Crippen molar-refractivity contribution in [3.8, 4) is 6.07 Å². The van der Waals surface area contributed by atoms with E-state index in [1.807, 2.05) is 0 Å². The molecule has 0 amide bonds. The van der Waals surface area contributed by atoms with Gasteiger partial charge in [-0.2, -0.15) is 5.26 Å². The molecule has 1 heterocycles. The van der Waals surface area contributed by atoms with Gasteiger partial charge in [-0.05, 0) is 12.1 Å². The number of nitrogens with one attached hydrogen (secondary N) is 2. The third-order valence-corrected chi connectivity index (χ3v) is 2.67. The molecule has 0 saturated heterocycles. The van der Waals surface area contributed by atoms with Gasteiger partial charge in [-0.25, -0.2) is 13.8 Å². The smallest absolute Gasteiger partial charge is 0.131 e. The first-order valence-electron chi connectivity index (χ1n) is 5.77. The zero-order chi connectivity index (χ0) is 13.7. The van der Waals surface area contributed by atoms with Crippen LogP contribution in [0.25, 0.3) is 0 Å². The van der Waals surface area contributed by atoms with Crippen LogP contribution in [0, 0.1) is 23.0 Å². The van der Waals surface area contributed by atoms with Crippen LogP contribution in [0.4, 0.5) is 8.78 Å². The Morgan fingerprint density at radius 3 is 2.63 bits per heavy atom. The molecule has 2 rings (SSSR count). The minimum absolute atomic E-state index is 0.0191. The molecule has 6 heteroatoms. The molecule has 0 bridgehead atoms. The average molecular weight is 262 g/mol. The lowest BCUT2D eigenvalue weighted by molar-refractivity contribution is 0.534. The number of aromatic amines is 1. The Balaban J connectivity index is 1.91. The van der Waals surface area contributed by atoms with Crippen molar-refractivity contribution < 1.29 is 8.78 Å². The normalized spacial score (nSPS) is 10.4. The van der Waals surface area contributed by atoms with Crippen LogP contribution in [0.3, 0.4) is 0 Å². The predicted molar refractivity (Wildman–Crippen MR) is 65.1 cm³/mol. The van der Waals surface area contributed by atoms with E-state index in [1.54, 1.807) is 18.5 Å². The van der Waals surface area contributed by atoms with Crippen LogP contribution in [0.2, 0.25) is 0 Å². The van der Waals surface area contributed by atoms with Crippen molar-refractivity contribution in [3.05, 3.63) is 53.1 Å². The standard InChI is InChI=1S/C13H12F2N4/c14-11-5-9(7-16)6-12(15)10(11)8-17-2-1-13-18-3-4-19-13/h3-6,17H,1-2,8H2,(H,18,19). The number of imidazole rings is 1. The quantitative estimate of drug-likeness (QED) is 0.809. The minimum atomic E-state index is -0.706. The number of aromatic nitrogens is 2. The van der Waals surface area contributed by atoms with Crippen LogP contribution in [0.1, 0.15) is 17.0 Å². The third-order valence-electron chi connectivity index (χ3n) is 2.67. The summed E-state index contributed by atoms with van der Waals surface area (Å²) in [5.41, 5.74) is -0.0761. The zero-order valence-electron chi connectivity index (χ0n) is 10.1. The van der Waals surface area contributed by atoms with Gasteiger partial charge in [-0.3, -0.25) is 0 Å². The van der Waals surface area contributed by atoms with Crippen molar-refractivity contribution in [2.45, 2.75) is 13.0 Å². The second-order valence-electron chi connectivity index (χ2n) is 3.99. The number of benzene rings is 1. The van der Waals surface area contributed by atoms with Gasteiger partial charge < -0.3 is 10.3 Å². The minimum Gasteiger partial charge on any atom is -0.349 e. The van der Waals surface area contributed by atoms with E-state index in [4.69, 9.17) is 5.26 Å². The molecule has 0 saturated carbocycles. The lowest BCUT2D eigenvalue weighted by Gasteiger charge is -2.07. The number of hydrogen-bond acceptors (Lipinski definition) is 3. The van der Waals surface area contributed by atoms with Gasteiger partial charge in [0.05, 0.1) is 11.6 Å². The first-order valence-corrected chi connectivity index (χ1v) is 5.77. The first-order chi connectivity index (χ1) is 9.20. The van der Waals surface area contributed by atoms with Crippen LogP contribution in [0.15, 0.2) is 24.5 Å². The average Bonchev–Trinajstić information content (AvgIpc) is 2.89. The Bertz CT molecular complexity index is 564. The molecule has 2 aromatic rings. The van der Waals surface area contributed by atoms with Crippen LogP contribution >= 0.6 is 0 Å². The van der Waals surface area contributed by atoms with Gasteiger partial charge in [0.2, 0.25) is 0 Å². The van der Waals surface area contributed by atoms with E-state index in [2.05, 4.69) is 15.3 Å². The summed E-state index contributed by atoms with van der Waals surface area (Å²) in [5.74, 6) is -0.600. The van der Waals surface area contributed by atoms with Gasteiger partial charge in [0, 0.05) is 37.5 Å². The summed E-state index contributed by atoms with van der Waals surface area (Å²) in [6, 6.07) is 3.78. The highest BCUT2D eigenvalue weighted by Gasteiger charge is 2.10. The first kappa shape index (κ1) is 13.2. The summed E-state index contributed by atoms with van der Waals surface area (Å²) in [4.78, 5) is 6.98. The summed E-state index contributed by atoms with van der Waals surface area (Å²) in [7, 11) is 0. The molecule has 0 aliphatic heterocycles. The van der Waals surface area contributed by atoms with E-state index < -0.39 is 11.6 Å². The Morgan fingerprint density at radius 1 is 1.32 bits per heavy atom. The van der Waals surface area contributed by atoms with Crippen molar-refractivity contribution >= 4 is 0 Å². The number of hydrogen-bond donors (Lipinski definition) is 2. The molecule has 0 spiro atoms. The maximum atomic E-state index is 13.5. The Hall–Kier alpha value is -2.26. The highest BCUT2D eigenvalue weighted by molar-refractivity contribution is 5.34. The molecular formula is C13H12F2N4. The van der Waals surface area contributed by atoms with Crippen molar-refractivity contribution in [2.24, 2.45) is 0 Å². The largest absolute Gasteiger partial charge is 0.349 e.